The lowest BCUT2D eigenvalue weighted by Crippen LogP contribution is -2.45. The Hall–Kier alpha value is -1.20. The molecule has 1 heterocycles. The summed E-state index contributed by atoms with van der Waals surface area (Å²) in [7, 11) is 0. The molecule has 1 aromatic carbocycles. The van der Waals surface area contributed by atoms with E-state index in [0.717, 1.165) is 51.0 Å². The van der Waals surface area contributed by atoms with Crippen LogP contribution >= 0.6 is 0 Å². The minimum absolute atomic E-state index is 0.156. The Balaban J connectivity index is 2.19. The zero-order chi connectivity index (χ0) is 15.8. The van der Waals surface area contributed by atoms with E-state index in [1.165, 1.54) is 6.42 Å². The number of piperazine rings is 1. The molecule has 3 nitrogen and oxygen atoms in total. The number of unbranched alkanes of at least 4 members (excludes halogenated alkanes) is 2. The van der Waals surface area contributed by atoms with Crippen molar-refractivity contribution in [2.75, 3.05) is 26.2 Å². The molecule has 1 aromatic rings. The van der Waals surface area contributed by atoms with Gasteiger partial charge in [0.15, 0.2) is 0 Å². The van der Waals surface area contributed by atoms with Crippen LogP contribution in [0.1, 0.15) is 44.2 Å². The average Bonchev–Trinajstić information content (AvgIpc) is 2.53. The molecule has 0 bridgehead atoms. The van der Waals surface area contributed by atoms with Crippen LogP contribution in [0.15, 0.2) is 24.3 Å². The van der Waals surface area contributed by atoms with Gasteiger partial charge in [0.25, 0.3) is 0 Å². The molecular weight excluding hydrogens is 286 g/mol. The molecule has 1 aliphatic heterocycles. The Morgan fingerprint density at radius 3 is 2.59 bits per heavy atom. The number of benzene rings is 1. The van der Waals surface area contributed by atoms with Crippen LogP contribution in [-0.4, -0.2) is 37.7 Å². The normalized spacial score (nSPS) is 17.6. The molecule has 1 fully saturated rings. The number of hydrogen-bond acceptors (Lipinski definition) is 3. The SMILES string of the molecule is CCCCC[C@H](c1ccccc1OC(F)F)N1CCNCC1. The van der Waals surface area contributed by atoms with Gasteiger partial charge in [-0.05, 0) is 12.5 Å². The monoisotopic (exact) mass is 312 g/mol. The second-order valence-corrected chi connectivity index (χ2v) is 5.71. The Morgan fingerprint density at radius 2 is 1.91 bits per heavy atom. The van der Waals surface area contributed by atoms with E-state index in [-0.39, 0.29) is 6.04 Å². The molecule has 22 heavy (non-hydrogen) atoms. The van der Waals surface area contributed by atoms with Crippen molar-refractivity contribution in [3.63, 3.8) is 0 Å². The summed E-state index contributed by atoms with van der Waals surface area (Å²) in [6.07, 6.45) is 4.41. The van der Waals surface area contributed by atoms with Gasteiger partial charge >= 0.3 is 6.61 Å². The molecule has 0 unspecified atom stereocenters. The zero-order valence-corrected chi connectivity index (χ0v) is 13.2. The first-order valence-electron chi connectivity index (χ1n) is 8.21. The first kappa shape index (κ1) is 17.2. The van der Waals surface area contributed by atoms with Gasteiger partial charge in [-0.2, -0.15) is 8.78 Å². The number of halogens is 2. The molecule has 0 radical (unpaired) electrons. The minimum Gasteiger partial charge on any atom is -0.434 e. The predicted octanol–water partition coefficient (Wildman–Crippen LogP) is 3.81. The number of nitrogens with zero attached hydrogens (tertiary/aromatic N) is 1. The van der Waals surface area contributed by atoms with Gasteiger partial charge in [-0.15, -0.1) is 0 Å². The minimum atomic E-state index is -2.78. The lowest BCUT2D eigenvalue weighted by molar-refractivity contribution is -0.0513. The third-order valence-corrected chi connectivity index (χ3v) is 4.17. The maximum atomic E-state index is 12.7. The fourth-order valence-corrected chi connectivity index (χ4v) is 3.08. The van der Waals surface area contributed by atoms with E-state index < -0.39 is 6.61 Å². The highest BCUT2D eigenvalue weighted by molar-refractivity contribution is 5.36. The van der Waals surface area contributed by atoms with E-state index in [0.29, 0.717) is 5.75 Å². The topological polar surface area (TPSA) is 24.5 Å². The number of rotatable bonds is 8. The smallest absolute Gasteiger partial charge is 0.387 e. The summed E-state index contributed by atoms with van der Waals surface area (Å²) < 4.78 is 30.1. The molecule has 1 aliphatic rings. The second-order valence-electron chi connectivity index (χ2n) is 5.71. The van der Waals surface area contributed by atoms with Crippen LogP contribution in [0.3, 0.4) is 0 Å². The summed E-state index contributed by atoms with van der Waals surface area (Å²) in [4.78, 5) is 2.39. The maximum Gasteiger partial charge on any atom is 0.387 e. The van der Waals surface area contributed by atoms with Gasteiger partial charge in [0.1, 0.15) is 5.75 Å². The molecule has 0 amide bonds. The first-order valence-corrected chi connectivity index (χ1v) is 8.21. The van der Waals surface area contributed by atoms with Crippen molar-refractivity contribution in [2.24, 2.45) is 0 Å². The lowest BCUT2D eigenvalue weighted by atomic mass is 9.97. The molecule has 2 rings (SSSR count). The van der Waals surface area contributed by atoms with Crippen LogP contribution in [0.5, 0.6) is 5.75 Å². The average molecular weight is 312 g/mol. The van der Waals surface area contributed by atoms with Gasteiger partial charge in [-0.1, -0.05) is 44.4 Å². The van der Waals surface area contributed by atoms with Crippen LogP contribution in [-0.2, 0) is 0 Å². The lowest BCUT2D eigenvalue weighted by Gasteiger charge is -2.36. The molecule has 1 saturated heterocycles. The van der Waals surface area contributed by atoms with E-state index in [1.807, 2.05) is 12.1 Å². The van der Waals surface area contributed by atoms with Gasteiger partial charge in [0.05, 0.1) is 0 Å². The molecule has 0 spiro atoms. The summed E-state index contributed by atoms with van der Waals surface area (Å²) in [5.74, 6) is 0.317. The van der Waals surface area contributed by atoms with Crippen molar-refractivity contribution in [1.82, 2.24) is 10.2 Å². The van der Waals surface area contributed by atoms with E-state index in [9.17, 15) is 8.78 Å². The summed E-state index contributed by atoms with van der Waals surface area (Å²) >= 11 is 0. The molecular formula is C17H26F2N2O. The number of ether oxygens (including phenoxy) is 1. The van der Waals surface area contributed by atoms with Gasteiger partial charge < -0.3 is 10.1 Å². The van der Waals surface area contributed by atoms with E-state index in [4.69, 9.17) is 4.74 Å². The number of para-hydroxylation sites is 1. The van der Waals surface area contributed by atoms with Crippen molar-refractivity contribution in [3.8, 4) is 5.75 Å². The first-order chi connectivity index (χ1) is 10.7. The fourth-order valence-electron chi connectivity index (χ4n) is 3.08. The second kappa shape index (κ2) is 9.06. The van der Waals surface area contributed by atoms with Gasteiger partial charge in [0, 0.05) is 37.8 Å². The summed E-state index contributed by atoms with van der Waals surface area (Å²) in [6.45, 7) is 3.18. The van der Waals surface area contributed by atoms with Crippen molar-refractivity contribution in [2.45, 2.75) is 45.3 Å². The van der Waals surface area contributed by atoms with Crippen LogP contribution < -0.4 is 10.1 Å². The quantitative estimate of drug-likeness (QED) is 0.739. The van der Waals surface area contributed by atoms with Crippen LogP contribution in [0.4, 0.5) is 8.78 Å². The molecule has 1 N–H and O–H groups in total. The van der Waals surface area contributed by atoms with Gasteiger partial charge in [0.2, 0.25) is 0 Å². The molecule has 0 aromatic heterocycles. The van der Waals surface area contributed by atoms with E-state index in [2.05, 4.69) is 17.1 Å². The third-order valence-electron chi connectivity index (χ3n) is 4.17. The van der Waals surface area contributed by atoms with Crippen LogP contribution in [0.2, 0.25) is 0 Å². The Kier molecular flexibility index (Phi) is 7.06. The zero-order valence-electron chi connectivity index (χ0n) is 13.2. The van der Waals surface area contributed by atoms with Crippen molar-refractivity contribution >= 4 is 0 Å². The Bertz CT molecular complexity index is 436. The molecule has 124 valence electrons. The van der Waals surface area contributed by atoms with Crippen molar-refractivity contribution < 1.29 is 13.5 Å². The fraction of sp³-hybridized carbons (Fsp3) is 0.647. The van der Waals surface area contributed by atoms with Crippen molar-refractivity contribution in [3.05, 3.63) is 29.8 Å². The largest absolute Gasteiger partial charge is 0.434 e. The van der Waals surface area contributed by atoms with Crippen LogP contribution in [0.25, 0.3) is 0 Å². The van der Waals surface area contributed by atoms with Crippen molar-refractivity contribution in [1.29, 1.82) is 0 Å². The van der Waals surface area contributed by atoms with E-state index >= 15 is 0 Å². The summed E-state index contributed by atoms with van der Waals surface area (Å²) in [5, 5.41) is 3.34. The van der Waals surface area contributed by atoms with E-state index in [1.54, 1.807) is 12.1 Å². The standard InChI is InChI=1S/C17H26F2N2O/c1-2-3-4-8-15(21-12-10-20-11-13-21)14-7-5-6-9-16(14)22-17(18)19/h5-7,9,15,17,20H,2-4,8,10-13H2,1H3/t15-/m1/s1. The number of nitrogens with one attached hydrogen (secondary N) is 1. The number of alkyl halides is 2. The van der Waals surface area contributed by atoms with Gasteiger partial charge in [-0.3, -0.25) is 4.90 Å². The Morgan fingerprint density at radius 1 is 1.18 bits per heavy atom. The highest BCUT2D eigenvalue weighted by atomic mass is 19.3. The molecule has 0 aliphatic carbocycles. The molecule has 0 saturated carbocycles. The predicted molar refractivity (Wildman–Crippen MR) is 84.4 cm³/mol. The number of hydrogen-bond donors (Lipinski definition) is 1. The molecule has 1 atom stereocenters. The third kappa shape index (κ3) is 4.92. The summed E-state index contributed by atoms with van der Waals surface area (Å²) in [5.41, 5.74) is 0.890. The van der Waals surface area contributed by atoms with Crippen LogP contribution in [0, 0.1) is 0 Å². The Labute approximate surface area is 131 Å². The highest BCUT2D eigenvalue weighted by Gasteiger charge is 2.25. The molecule has 5 heteroatoms. The van der Waals surface area contributed by atoms with Gasteiger partial charge in [-0.25, -0.2) is 0 Å². The maximum absolute atomic E-state index is 12.7. The summed E-state index contributed by atoms with van der Waals surface area (Å²) in [6, 6.07) is 7.39. The highest BCUT2D eigenvalue weighted by Crippen LogP contribution is 2.34.